The molecule has 0 spiro atoms. The van der Waals surface area contributed by atoms with Crippen LogP contribution in [0.1, 0.15) is 5.56 Å². The van der Waals surface area contributed by atoms with Gasteiger partial charge < -0.3 is 11.5 Å². The van der Waals surface area contributed by atoms with Crippen LogP contribution in [0.2, 0.25) is 0 Å². The third kappa shape index (κ3) is 1.45. The molecule has 3 aromatic rings. The Labute approximate surface area is 102 Å². The summed E-state index contributed by atoms with van der Waals surface area (Å²) in [7, 11) is 0. The second-order valence-electron chi connectivity index (χ2n) is 3.88. The van der Waals surface area contributed by atoms with Crippen molar-refractivity contribution in [3.05, 3.63) is 30.1 Å². The second-order valence-corrected chi connectivity index (χ2v) is 3.88. The average Bonchev–Trinajstić information content (AvgIpc) is 2.79. The summed E-state index contributed by atoms with van der Waals surface area (Å²) in [5.41, 5.74) is 13.8. The molecule has 0 amide bonds. The van der Waals surface area contributed by atoms with E-state index in [-0.39, 0.29) is 0 Å². The van der Waals surface area contributed by atoms with Gasteiger partial charge in [-0.15, -0.1) is 0 Å². The quantitative estimate of drug-likeness (QED) is 0.648. The number of aromatic nitrogens is 5. The van der Waals surface area contributed by atoms with Crippen LogP contribution in [0.25, 0.3) is 17.0 Å². The maximum atomic E-state index is 5.78. The van der Waals surface area contributed by atoms with Crippen LogP contribution in [0, 0.1) is 6.92 Å². The molecular formula is C11H11N7. The Bertz CT molecular complexity index is 708. The molecule has 0 bridgehead atoms. The molecule has 0 unspecified atom stereocenters. The normalized spacial score (nSPS) is 10.9. The molecule has 4 N–H and O–H groups in total. The van der Waals surface area contributed by atoms with Crippen molar-refractivity contribution in [1.29, 1.82) is 0 Å². The zero-order chi connectivity index (χ0) is 12.7. The first-order valence-electron chi connectivity index (χ1n) is 5.35. The van der Waals surface area contributed by atoms with E-state index in [0.717, 1.165) is 11.0 Å². The lowest BCUT2D eigenvalue weighted by molar-refractivity contribution is 0.835. The van der Waals surface area contributed by atoms with E-state index in [4.69, 9.17) is 11.5 Å². The summed E-state index contributed by atoms with van der Waals surface area (Å²) >= 11 is 0. The standard InChI is InChI=1S/C11H11N7/c1-6-9(12)16-11(17-10(6)13)18-8-3-2-4-14-7(8)5-15-18/h2-5H,1H3,(H4,12,13,16,17). The number of rotatable bonds is 1. The van der Waals surface area contributed by atoms with E-state index in [0.29, 0.717) is 23.1 Å². The van der Waals surface area contributed by atoms with E-state index in [1.807, 2.05) is 12.1 Å². The first-order valence-corrected chi connectivity index (χ1v) is 5.35. The monoisotopic (exact) mass is 241 g/mol. The Hall–Kier alpha value is -2.70. The van der Waals surface area contributed by atoms with Gasteiger partial charge >= 0.3 is 0 Å². The van der Waals surface area contributed by atoms with Crippen LogP contribution in [0.5, 0.6) is 0 Å². The lowest BCUT2D eigenvalue weighted by Gasteiger charge is -2.06. The number of nitrogen functional groups attached to an aromatic ring is 2. The minimum atomic E-state index is 0.346. The molecule has 7 heteroatoms. The number of fused-ring (bicyclic) bond motifs is 1. The fourth-order valence-electron chi connectivity index (χ4n) is 1.66. The number of nitrogens with two attached hydrogens (primary N) is 2. The lowest BCUT2D eigenvalue weighted by atomic mass is 10.3. The molecular weight excluding hydrogens is 230 g/mol. The molecule has 3 rings (SSSR count). The van der Waals surface area contributed by atoms with Crippen LogP contribution >= 0.6 is 0 Å². The van der Waals surface area contributed by atoms with Gasteiger partial charge in [0, 0.05) is 11.8 Å². The minimum Gasteiger partial charge on any atom is -0.383 e. The zero-order valence-corrected chi connectivity index (χ0v) is 9.70. The van der Waals surface area contributed by atoms with Gasteiger partial charge in [-0.25, -0.2) is 0 Å². The minimum absolute atomic E-state index is 0.346. The summed E-state index contributed by atoms with van der Waals surface area (Å²) in [6, 6.07) is 3.70. The number of hydrogen-bond donors (Lipinski definition) is 2. The molecule has 0 saturated carbocycles. The highest BCUT2D eigenvalue weighted by Crippen LogP contribution is 2.18. The van der Waals surface area contributed by atoms with Gasteiger partial charge in [0.2, 0.25) is 0 Å². The number of anilines is 2. The van der Waals surface area contributed by atoms with Crippen molar-refractivity contribution < 1.29 is 0 Å². The van der Waals surface area contributed by atoms with E-state index in [2.05, 4.69) is 20.1 Å². The highest BCUT2D eigenvalue weighted by Gasteiger charge is 2.11. The molecule has 0 aromatic carbocycles. The fraction of sp³-hybridized carbons (Fsp3) is 0.0909. The third-order valence-corrected chi connectivity index (χ3v) is 2.74. The van der Waals surface area contributed by atoms with Crippen LogP contribution in [0.3, 0.4) is 0 Å². The highest BCUT2D eigenvalue weighted by atomic mass is 15.4. The van der Waals surface area contributed by atoms with Crippen LogP contribution in [0.15, 0.2) is 24.5 Å². The van der Waals surface area contributed by atoms with Crippen molar-refractivity contribution in [2.45, 2.75) is 6.92 Å². The van der Waals surface area contributed by atoms with Gasteiger partial charge in [0.25, 0.3) is 5.95 Å². The van der Waals surface area contributed by atoms with E-state index in [1.54, 1.807) is 24.0 Å². The van der Waals surface area contributed by atoms with Crippen molar-refractivity contribution in [2.24, 2.45) is 0 Å². The summed E-state index contributed by atoms with van der Waals surface area (Å²) in [6.07, 6.45) is 3.35. The van der Waals surface area contributed by atoms with Gasteiger partial charge in [0.1, 0.15) is 17.2 Å². The maximum absolute atomic E-state index is 5.78. The van der Waals surface area contributed by atoms with Gasteiger partial charge in [0.15, 0.2) is 0 Å². The molecule has 0 atom stereocenters. The van der Waals surface area contributed by atoms with E-state index >= 15 is 0 Å². The predicted molar refractivity (Wildman–Crippen MR) is 68.0 cm³/mol. The summed E-state index contributed by atoms with van der Waals surface area (Å²) in [4.78, 5) is 12.6. The van der Waals surface area contributed by atoms with Gasteiger partial charge in [-0.05, 0) is 19.1 Å². The molecule has 0 saturated heterocycles. The molecule has 7 nitrogen and oxygen atoms in total. The average molecular weight is 241 g/mol. The van der Waals surface area contributed by atoms with Crippen molar-refractivity contribution in [2.75, 3.05) is 11.5 Å². The Morgan fingerprint density at radius 1 is 1.17 bits per heavy atom. The lowest BCUT2D eigenvalue weighted by Crippen LogP contribution is -2.09. The topological polar surface area (TPSA) is 109 Å². The SMILES string of the molecule is Cc1c(N)nc(-n2ncc3ncccc32)nc1N. The van der Waals surface area contributed by atoms with E-state index in [1.165, 1.54) is 0 Å². The van der Waals surface area contributed by atoms with Crippen LogP contribution < -0.4 is 11.5 Å². The molecule has 18 heavy (non-hydrogen) atoms. The molecule has 0 aliphatic carbocycles. The van der Waals surface area contributed by atoms with Crippen LogP contribution in [-0.2, 0) is 0 Å². The fourth-order valence-corrected chi connectivity index (χ4v) is 1.66. The molecule has 0 radical (unpaired) electrons. The van der Waals surface area contributed by atoms with E-state index in [9.17, 15) is 0 Å². The van der Waals surface area contributed by atoms with Crippen LogP contribution in [0.4, 0.5) is 11.6 Å². The Morgan fingerprint density at radius 3 is 2.61 bits per heavy atom. The molecule has 3 heterocycles. The molecule has 0 fully saturated rings. The number of hydrogen-bond acceptors (Lipinski definition) is 6. The Balaban J connectivity index is 2.26. The summed E-state index contributed by atoms with van der Waals surface area (Å²) in [5.74, 6) is 1.05. The van der Waals surface area contributed by atoms with Gasteiger partial charge in [-0.2, -0.15) is 19.7 Å². The third-order valence-electron chi connectivity index (χ3n) is 2.74. The summed E-state index contributed by atoms with van der Waals surface area (Å²) < 4.78 is 1.56. The maximum Gasteiger partial charge on any atom is 0.255 e. The van der Waals surface area contributed by atoms with Crippen molar-refractivity contribution in [1.82, 2.24) is 24.7 Å². The Kier molecular flexibility index (Phi) is 2.12. The van der Waals surface area contributed by atoms with Gasteiger partial charge in [-0.1, -0.05) is 0 Å². The first-order chi connectivity index (χ1) is 8.66. The number of pyridine rings is 1. The summed E-state index contributed by atoms with van der Waals surface area (Å²) in [6.45, 7) is 1.77. The molecule has 0 aliphatic rings. The highest BCUT2D eigenvalue weighted by molar-refractivity contribution is 5.75. The van der Waals surface area contributed by atoms with Crippen molar-refractivity contribution in [3.63, 3.8) is 0 Å². The predicted octanol–water partition coefficient (Wildman–Crippen LogP) is 0.683. The van der Waals surface area contributed by atoms with Gasteiger partial charge in [0.05, 0.1) is 11.7 Å². The smallest absolute Gasteiger partial charge is 0.255 e. The Morgan fingerprint density at radius 2 is 1.89 bits per heavy atom. The molecule has 90 valence electrons. The second kappa shape index (κ2) is 3.66. The first kappa shape index (κ1) is 10.5. The zero-order valence-electron chi connectivity index (χ0n) is 9.70. The molecule has 0 aliphatic heterocycles. The molecule has 3 aromatic heterocycles. The van der Waals surface area contributed by atoms with Crippen molar-refractivity contribution >= 4 is 22.7 Å². The van der Waals surface area contributed by atoms with Gasteiger partial charge in [-0.3, -0.25) is 4.98 Å². The number of nitrogens with zero attached hydrogens (tertiary/aromatic N) is 5. The van der Waals surface area contributed by atoms with Crippen LogP contribution in [-0.4, -0.2) is 24.7 Å². The largest absolute Gasteiger partial charge is 0.383 e. The summed E-state index contributed by atoms with van der Waals surface area (Å²) in [5, 5.41) is 4.20. The van der Waals surface area contributed by atoms with Crippen molar-refractivity contribution in [3.8, 4) is 5.95 Å². The van der Waals surface area contributed by atoms with E-state index < -0.39 is 0 Å².